The second-order valence-corrected chi connectivity index (χ2v) is 7.77. The Hall–Kier alpha value is -3.95. The van der Waals surface area contributed by atoms with Crippen molar-refractivity contribution >= 4 is 34.1 Å². The molecule has 10 heteroatoms. The Morgan fingerprint density at radius 2 is 2.07 bits per heavy atom. The third kappa shape index (κ3) is 3.66. The van der Waals surface area contributed by atoms with E-state index in [1.54, 1.807) is 20.0 Å². The van der Waals surface area contributed by atoms with Gasteiger partial charge in [0.05, 0.1) is 22.8 Å². The van der Waals surface area contributed by atoms with Gasteiger partial charge in [0.25, 0.3) is 5.91 Å². The first-order valence-electron chi connectivity index (χ1n) is 9.32. The maximum atomic E-state index is 12.8. The molecule has 0 radical (unpaired) electrons. The van der Waals surface area contributed by atoms with Crippen LogP contribution in [0.25, 0.3) is 33.5 Å². The predicted octanol–water partition coefficient (Wildman–Crippen LogP) is 2.59. The van der Waals surface area contributed by atoms with Gasteiger partial charge in [-0.2, -0.15) is 5.10 Å². The lowest BCUT2D eigenvalue weighted by Crippen LogP contribution is -2.51. The summed E-state index contributed by atoms with van der Waals surface area (Å²) >= 11 is 0. The summed E-state index contributed by atoms with van der Waals surface area (Å²) in [6.07, 6.45) is 1.99. The Kier molecular flexibility index (Phi) is 4.61. The number of rotatable bonds is 5. The van der Waals surface area contributed by atoms with Gasteiger partial charge >= 0.3 is 6.09 Å². The Morgan fingerprint density at radius 3 is 2.83 bits per heavy atom. The van der Waals surface area contributed by atoms with Crippen LogP contribution in [0.4, 0.5) is 4.79 Å². The topological polar surface area (TPSA) is 149 Å². The molecule has 30 heavy (non-hydrogen) atoms. The number of carboxylic acid groups (broad SMARTS) is 1. The molecule has 0 fully saturated rings. The number of fused-ring (bicyclic) bond motifs is 2. The van der Waals surface area contributed by atoms with Gasteiger partial charge in [-0.15, -0.1) is 0 Å². The van der Waals surface area contributed by atoms with Gasteiger partial charge in [-0.25, -0.2) is 14.8 Å². The first-order chi connectivity index (χ1) is 14.2. The van der Waals surface area contributed by atoms with Crippen molar-refractivity contribution in [3.05, 3.63) is 41.7 Å². The van der Waals surface area contributed by atoms with E-state index in [0.29, 0.717) is 28.1 Å². The highest BCUT2D eigenvalue weighted by Gasteiger charge is 2.24. The third-order valence-corrected chi connectivity index (χ3v) is 4.72. The van der Waals surface area contributed by atoms with E-state index in [1.807, 2.05) is 25.1 Å². The average Bonchev–Trinajstić information content (AvgIpc) is 3.29. The summed E-state index contributed by atoms with van der Waals surface area (Å²) in [5.41, 5.74) is 3.61. The van der Waals surface area contributed by atoms with Gasteiger partial charge in [0, 0.05) is 18.1 Å². The number of carbonyl (C=O) groups excluding carboxylic acids is 1. The van der Waals surface area contributed by atoms with E-state index in [-0.39, 0.29) is 12.5 Å². The summed E-state index contributed by atoms with van der Waals surface area (Å²) in [6.45, 7) is 5.52. The van der Waals surface area contributed by atoms with Gasteiger partial charge in [0.15, 0.2) is 5.65 Å². The number of H-pyrrole nitrogens is 2. The maximum Gasteiger partial charge on any atom is 0.404 e. The van der Waals surface area contributed by atoms with E-state index in [9.17, 15) is 9.59 Å². The molecule has 0 bridgehead atoms. The van der Waals surface area contributed by atoms with Crippen molar-refractivity contribution in [2.45, 2.75) is 26.3 Å². The van der Waals surface area contributed by atoms with Crippen LogP contribution in [0.5, 0.6) is 0 Å². The molecular weight excluding hydrogens is 386 g/mol. The number of aryl methyl sites for hydroxylation is 1. The van der Waals surface area contributed by atoms with Crippen LogP contribution in [-0.2, 0) is 0 Å². The molecule has 4 aromatic rings. The molecule has 2 amide bonds. The van der Waals surface area contributed by atoms with Gasteiger partial charge in [0.2, 0.25) is 0 Å². The highest BCUT2D eigenvalue weighted by Crippen LogP contribution is 2.27. The molecule has 1 aromatic carbocycles. The number of benzene rings is 1. The maximum absolute atomic E-state index is 12.8. The summed E-state index contributed by atoms with van der Waals surface area (Å²) in [7, 11) is 0. The molecule has 0 unspecified atom stereocenters. The van der Waals surface area contributed by atoms with Crippen LogP contribution >= 0.6 is 0 Å². The Labute approximate surface area is 171 Å². The molecule has 3 heterocycles. The summed E-state index contributed by atoms with van der Waals surface area (Å²) in [4.78, 5) is 35.5. The molecule has 3 aromatic heterocycles. The minimum atomic E-state index is -1.15. The van der Waals surface area contributed by atoms with E-state index >= 15 is 0 Å². The predicted molar refractivity (Wildman–Crippen MR) is 111 cm³/mol. The molecule has 0 aliphatic carbocycles. The van der Waals surface area contributed by atoms with Crippen LogP contribution < -0.4 is 10.6 Å². The number of carbonyl (C=O) groups is 2. The zero-order valence-electron chi connectivity index (χ0n) is 16.7. The molecule has 5 N–H and O–H groups in total. The third-order valence-electron chi connectivity index (χ3n) is 4.72. The van der Waals surface area contributed by atoms with Crippen molar-refractivity contribution in [2.75, 3.05) is 6.54 Å². The summed E-state index contributed by atoms with van der Waals surface area (Å²) in [5.74, 6) is -0.382. The Balaban J connectivity index is 1.67. The average molecular weight is 407 g/mol. The van der Waals surface area contributed by atoms with Gasteiger partial charge in [-0.1, -0.05) is 12.1 Å². The van der Waals surface area contributed by atoms with E-state index in [0.717, 1.165) is 16.5 Å². The molecule has 10 nitrogen and oxygen atoms in total. The Morgan fingerprint density at radius 1 is 1.27 bits per heavy atom. The minimum absolute atomic E-state index is 0.0615. The second kappa shape index (κ2) is 7.14. The van der Waals surface area contributed by atoms with Crippen LogP contribution in [0.3, 0.4) is 0 Å². The molecule has 154 valence electrons. The normalized spacial score (nSPS) is 11.7. The van der Waals surface area contributed by atoms with Crippen LogP contribution in [0, 0.1) is 6.92 Å². The molecule has 0 saturated carbocycles. The second-order valence-electron chi connectivity index (χ2n) is 7.77. The summed E-state index contributed by atoms with van der Waals surface area (Å²) in [5, 5.41) is 22.2. The highest BCUT2D eigenvalue weighted by atomic mass is 16.4. The number of aromatic amines is 2. The fourth-order valence-corrected chi connectivity index (χ4v) is 3.22. The van der Waals surface area contributed by atoms with Crippen LogP contribution in [0.15, 0.2) is 30.6 Å². The zero-order chi connectivity index (χ0) is 21.5. The standard InChI is InChI=1S/C20H21N7O3/c1-10-4-5-11-13(6-10)26-27-15(11)14-8-22-17-16(24-14)12(7-21-17)18(28)25-20(2,3)9-23-19(29)30/h4-8,23H,9H2,1-3H3,(H,21,22)(H,25,28)(H,26,27)(H,29,30). The van der Waals surface area contributed by atoms with Crippen LogP contribution in [-0.4, -0.2) is 54.3 Å². The van der Waals surface area contributed by atoms with Gasteiger partial charge < -0.3 is 20.7 Å². The van der Waals surface area contributed by atoms with E-state index in [4.69, 9.17) is 5.11 Å². The first-order valence-corrected chi connectivity index (χ1v) is 9.32. The number of nitrogens with zero attached hydrogens (tertiary/aromatic N) is 3. The summed E-state index contributed by atoms with van der Waals surface area (Å²) in [6, 6.07) is 5.97. The zero-order valence-corrected chi connectivity index (χ0v) is 16.7. The monoisotopic (exact) mass is 407 g/mol. The minimum Gasteiger partial charge on any atom is -0.465 e. The molecule has 0 aliphatic heterocycles. The largest absolute Gasteiger partial charge is 0.465 e. The lowest BCUT2D eigenvalue weighted by molar-refractivity contribution is 0.0912. The van der Waals surface area contributed by atoms with Crippen LogP contribution in [0.1, 0.15) is 29.8 Å². The quantitative estimate of drug-likeness (QED) is 0.343. The van der Waals surface area contributed by atoms with E-state index in [2.05, 4.69) is 35.8 Å². The number of amides is 2. The number of nitrogens with one attached hydrogen (secondary N) is 4. The van der Waals surface area contributed by atoms with Crippen molar-refractivity contribution in [1.29, 1.82) is 0 Å². The van der Waals surface area contributed by atoms with Crippen molar-refractivity contribution in [3.63, 3.8) is 0 Å². The molecule has 0 atom stereocenters. The molecular formula is C20H21N7O3. The van der Waals surface area contributed by atoms with Gasteiger partial charge in [0.1, 0.15) is 16.9 Å². The fraction of sp³-hybridized carbons (Fsp3) is 0.250. The Bertz CT molecular complexity index is 1270. The summed E-state index contributed by atoms with van der Waals surface area (Å²) < 4.78 is 0. The lowest BCUT2D eigenvalue weighted by atomic mass is 10.1. The van der Waals surface area contributed by atoms with Gasteiger partial charge in [-0.05, 0) is 32.4 Å². The highest BCUT2D eigenvalue weighted by molar-refractivity contribution is 6.05. The first kappa shape index (κ1) is 19.4. The fourth-order valence-electron chi connectivity index (χ4n) is 3.22. The molecule has 0 aliphatic rings. The van der Waals surface area contributed by atoms with E-state index < -0.39 is 11.6 Å². The van der Waals surface area contributed by atoms with E-state index in [1.165, 1.54) is 6.20 Å². The van der Waals surface area contributed by atoms with Crippen molar-refractivity contribution in [1.82, 2.24) is 35.8 Å². The van der Waals surface area contributed by atoms with Gasteiger partial charge in [-0.3, -0.25) is 9.89 Å². The molecule has 0 spiro atoms. The molecule has 0 saturated heterocycles. The van der Waals surface area contributed by atoms with Crippen molar-refractivity contribution in [2.24, 2.45) is 0 Å². The lowest BCUT2D eigenvalue weighted by Gasteiger charge is -2.25. The number of aromatic nitrogens is 5. The SMILES string of the molecule is Cc1ccc2c(-c3cnc4[nH]cc(C(=O)NC(C)(C)CNC(=O)O)c4n3)n[nH]c2c1. The van der Waals surface area contributed by atoms with Crippen LogP contribution in [0.2, 0.25) is 0 Å². The number of hydrogen-bond donors (Lipinski definition) is 5. The number of hydrogen-bond acceptors (Lipinski definition) is 5. The van der Waals surface area contributed by atoms with Crippen molar-refractivity contribution in [3.8, 4) is 11.4 Å². The van der Waals surface area contributed by atoms with Crippen molar-refractivity contribution < 1.29 is 14.7 Å². The molecule has 4 rings (SSSR count). The smallest absolute Gasteiger partial charge is 0.404 e.